The first-order valence-corrected chi connectivity index (χ1v) is 6.94. The van der Waals surface area contributed by atoms with Crippen molar-refractivity contribution in [2.75, 3.05) is 20.2 Å². The highest BCUT2D eigenvalue weighted by atomic mass is 35.5. The van der Waals surface area contributed by atoms with Crippen LogP contribution in [0.25, 0.3) is 0 Å². The summed E-state index contributed by atoms with van der Waals surface area (Å²) in [5.74, 6) is -4.24. The van der Waals surface area contributed by atoms with E-state index < -0.39 is 24.0 Å². The minimum Gasteiger partial charge on any atom is -0.496 e. The fourth-order valence-electron chi connectivity index (χ4n) is 2.71. The first-order chi connectivity index (χ1) is 10.2. The summed E-state index contributed by atoms with van der Waals surface area (Å²) >= 11 is 5.89. The van der Waals surface area contributed by atoms with Crippen LogP contribution in [0.4, 0.5) is 13.2 Å². The van der Waals surface area contributed by atoms with Gasteiger partial charge >= 0.3 is 12.1 Å². The van der Waals surface area contributed by atoms with E-state index in [-0.39, 0.29) is 32.0 Å². The van der Waals surface area contributed by atoms with Crippen LogP contribution < -0.4 is 4.74 Å². The van der Waals surface area contributed by atoms with Crippen LogP contribution in [0.1, 0.15) is 5.56 Å². The molecular weight excluding hydrogens is 358 g/mol. The number of hydrogen-bond acceptors (Lipinski definition) is 3. The van der Waals surface area contributed by atoms with Crippen molar-refractivity contribution in [2.45, 2.75) is 12.7 Å². The molecule has 0 unspecified atom stereocenters. The van der Waals surface area contributed by atoms with Gasteiger partial charge in [-0.05, 0) is 18.2 Å². The third kappa shape index (κ3) is 4.65. The van der Waals surface area contributed by atoms with E-state index in [1.54, 1.807) is 18.2 Å². The Morgan fingerprint density at radius 1 is 1.43 bits per heavy atom. The van der Waals surface area contributed by atoms with E-state index in [2.05, 4.69) is 0 Å². The summed E-state index contributed by atoms with van der Waals surface area (Å²) in [5.41, 5.74) is 0.627. The predicted molar refractivity (Wildman–Crippen MR) is 81.2 cm³/mol. The molecule has 1 aromatic carbocycles. The van der Waals surface area contributed by atoms with Gasteiger partial charge in [0, 0.05) is 30.2 Å². The molecule has 9 heteroatoms. The highest BCUT2D eigenvalue weighted by Crippen LogP contribution is 2.38. The Hall–Kier alpha value is -1.18. The molecule has 4 nitrogen and oxygen atoms in total. The fraction of sp³-hybridized carbons (Fsp3) is 0.500. The number of nitrogens with zero attached hydrogens (tertiary/aromatic N) is 1. The smallest absolute Gasteiger partial charge is 0.393 e. The van der Waals surface area contributed by atoms with Crippen molar-refractivity contribution in [3.8, 4) is 5.75 Å². The van der Waals surface area contributed by atoms with Gasteiger partial charge in [0.1, 0.15) is 5.75 Å². The van der Waals surface area contributed by atoms with E-state index in [9.17, 15) is 18.0 Å². The van der Waals surface area contributed by atoms with Crippen molar-refractivity contribution >= 4 is 30.0 Å². The molecule has 0 radical (unpaired) electrons. The molecule has 1 aliphatic rings. The Bertz CT molecular complexity index is 569. The second kappa shape index (κ2) is 7.59. The summed E-state index contributed by atoms with van der Waals surface area (Å²) in [4.78, 5) is 12.5. The van der Waals surface area contributed by atoms with Gasteiger partial charge in [-0.1, -0.05) is 11.6 Å². The maximum atomic E-state index is 13.0. The van der Waals surface area contributed by atoms with Gasteiger partial charge in [-0.15, -0.1) is 12.4 Å². The summed E-state index contributed by atoms with van der Waals surface area (Å²) in [6, 6.07) is 4.85. The van der Waals surface area contributed by atoms with Crippen LogP contribution >= 0.6 is 24.0 Å². The van der Waals surface area contributed by atoms with Crippen molar-refractivity contribution < 1.29 is 27.8 Å². The molecule has 0 spiro atoms. The number of ether oxygens (including phenoxy) is 1. The zero-order chi connectivity index (χ0) is 16.5. The van der Waals surface area contributed by atoms with Crippen molar-refractivity contribution in [3.63, 3.8) is 0 Å². The van der Waals surface area contributed by atoms with Crippen LogP contribution in [0, 0.1) is 11.8 Å². The molecule has 1 heterocycles. The molecule has 1 N–H and O–H groups in total. The number of carboxylic acid groups (broad SMARTS) is 1. The average Bonchev–Trinajstić information content (AvgIpc) is 2.83. The molecule has 0 aromatic heterocycles. The molecule has 23 heavy (non-hydrogen) atoms. The number of aliphatic carboxylic acids is 1. The van der Waals surface area contributed by atoms with E-state index in [4.69, 9.17) is 21.4 Å². The number of benzene rings is 1. The van der Waals surface area contributed by atoms with Gasteiger partial charge in [-0.3, -0.25) is 9.69 Å². The lowest BCUT2D eigenvalue weighted by Crippen LogP contribution is -2.33. The summed E-state index contributed by atoms with van der Waals surface area (Å²) in [6.45, 7) is -0.356. The Morgan fingerprint density at radius 2 is 2.09 bits per heavy atom. The highest BCUT2D eigenvalue weighted by molar-refractivity contribution is 6.30. The number of rotatable bonds is 4. The first-order valence-electron chi connectivity index (χ1n) is 6.56. The SMILES string of the molecule is COc1ccc(Cl)cc1CN1C[C@@H](C(F)(F)F)[C@H](C(=O)O)C1.Cl. The molecule has 0 aliphatic carbocycles. The van der Waals surface area contributed by atoms with E-state index in [0.29, 0.717) is 16.3 Å². The Balaban J connectivity index is 0.00000264. The number of methoxy groups -OCH3 is 1. The molecule has 2 rings (SSSR count). The summed E-state index contributed by atoms with van der Waals surface area (Å²) in [6.07, 6.45) is -4.53. The summed E-state index contributed by atoms with van der Waals surface area (Å²) in [7, 11) is 1.45. The molecule has 1 aromatic rings. The average molecular weight is 374 g/mol. The molecule has 0 saturated carbocycles. The predicted octanol–water partition coefficient (Wildman–Crippen LogP) is 3.47. The third-order valence-corrected chi connectivity index (χ3v) is 4.00. The summed E-state index contributed by atoms with van der Waals surface area (Å²) < 4.78 is 44.0. The van der Waals surface area contributed by atoms with Crippen LogP contribution in [0.15, 0.2) is 18.2 Å². The van der Waals surface area contributed by atoms with E-state index in [1.165, 1.54) is 12.0 Å². The van der Waals surface area contributed by atoms with Gasteiger partial charge in [0.15, 0.2) is 0 Å². The summed E-state index contributed by atoms with van der Waals surface area (Å²) in [5, 5.41) is 9.45. The van der Waals surface area contributed by atoms with Crippen molar-refractivity contribution in [1.82, 2.24) is 4.90 Å². The minimum atomic E-state index is -4.53. The Labute approximate surface area is 142 Å². The van der Waals surface area contributed by atoms with Gasteiger partial charge < -0.3 is 9.84 Å². The molecule has 1 fully saturated rings. The monoisotopic (exact) mass is 373 g/mol. The molecular formula is C14H16Cl2F3NO3. The normalized spacial score (nSPS) is 21.8. The van der Waals surface area contributed by atoms with Crippen molar-refractivity contribution in [1.29, 1.82) is 0 Å². The van der Waals surface area contributed by atoms with Gasteiger partial charge in [0.2, 0.25) is 0 Å². The zero-order valence-electron chi connectivity index (χ0n) is 12.1. The van der Waals surface area contributed by atoms with Gasteiger partial charge in [-0.25, -0.2) is 0 Å². The largest absolute Gasteiger partial charge is 0.496 e. The third-order valence-electron chi connectivity index (χ3n) is 3.77. The highest BCUT2D eigenvalue weighted by Gasteiger charge is 2.52. The number of carbonyl (C=O) groups is 1. The molecule has 2 atom stereocenters. The van der Waals surface area contributed by atoms with Crippen LogP contribution in [0.5, 0.6) is 5.75 Å². The van der Waals surface area contributed by atoms with Gasteiger partial charge in [-0.2, -0.15) is 13.2 Å². The van der Waals surface area contributed by atoms with E-state index in [1.807, 2.05) is 0 Å². The molecule has 0 bridgehead atoms. The number of likely N-dealkylation sites (tertiary alicyclic amines) is 1. The van der Waals surface area contributed by atoms with Crippen molar-refractivity contribution in [3.05, 3.63) is 28.8 Å². The lowest BCUT2D eigenvalue weighted by molar-refractivity contribution is -0.188. The molecule has 0 amide bonds. The van der Waals surface area contributed by atoms with Gasteiger partial charge in [0.05, 0.1) is 18.9 Å². The van der Waals surface area contributed by atoms with Crippen LogP contribution in [0.2, 0.25) is 5.02 Å². The van der Waals surface area contributed by atoms with E-state index in [0.717, 1.165) is 0 Å². The fourth-order valence-corrected chi connectivity index (χ4v) is 2.90. The second-order valence-electron chi connectivity index (χ2n) is 5.24. The maximum absolute atomic E-state index is 13.0. The Kier molecular flexibility index (Phi) is 6.56. The number of hydrogen-bond donors (Lipinski definition) is 1. The Morgan fingerprint density at radius 3 is 2.57 bits per heavy atom. The number of halogens is 5. The minimum absolute atomic E-state index is 0. The zero-order valence-corrected chi connectivity index (χ0v) is 13.7. The first kappa shape index (κ1) is 19.9. The molecule has 1 aliphatic heterocycles. The number of alkyl halides is 3. The van der Waals surface area contributed by atoms with Crippen molar-refractivity contribution in [2.24, 2.45) is 11.8 Å². The second-order valence-corrected chi connectivity index (χ2v) is 5.68. The molecule has 130 valence electrons. The van der Waals surface area contributed by atoms with Crippen LogP contribution in [0.3, 0.4) is 0 Å². The van der Waals surface area contributed by atoms with Crippen LogP contribution in [-0.2, 0) is 11.3 Å². The van der Waals surface area contributed by atoms with E-state index >= 15 is 0 Å². The van der Waals surface area contributed by atoms with Crippen LogP contribution in [-0.4, -0.2) is 42.4 Å². The lowest BCUT2D eigenvalue weighted by Gasteiger charge is -2.19. The van der Waals surface area contributed by atoms with Gasteiger partial charge in [0.25, 0.3) is 0 Å². The standard InChI is InChI=1S/C14H15ClF3NO3.ClH/c1-22-12-3-2-9(15)4-8(12)5-19-6-10(13(20)21)11(7-19)14(16,17)18;/h2-4,10-11H,5-7H2,1H3,(H,20,21);1H/t10-,11-;/m1./s1. The lowest BCUT2D eigenvalue weighted by atomic mass is 9.96. The number of carboxylic acids is 1. The molecule has 1 saturated heterocycles. The maximum Gasteiger partial charge on any atom is 0.393 e. The topological polar surface area (TPSA) is 49.8 Å². The quantitative estimate of drug-likeness (QED) is 0.877.